The van der Waals surface area contributed by atoms with E-state index < -0.39 is 0 Å². The molecule has 0 aliphatic carbocycles. The molecule has 0 amide bonds. The Bertz CT molecular complexity index is 1110. The first kappa shape index (κ1) is 29.7. The second-order valence-corrected chi connectivity index (χ2v) is 7.29. The molecule has 0 bridgehead atoms. The van der Waals surface area contributed by atoms with Crippen molar-refractivity contribution in [1.82, 2.24) is 29.9 Å². The number of hydrogen-bond acceptors (Lipinski definition) is 6. The molecule has 38 heavy (non-hydrogen) atoms. The summed E-state index contributed by atoms with van der Waals surface area (Å²) in [6.45, 7) is 0. The van der Waals surface area contributed by atoms with Crippen LogP contribution in [0.1, 0.15) is 0 Å². The molecule has 0 unspecified atom stereocenters. The SMILES string of the molecule is O.[Ru].c1ccc(-c2ccccn2)nc1.c1ccc(-c2ccccn2)nc1.c1ccc(-c2ccccn2)nc1. The van der Waals surface area contributed by atoms with E-state index in [1.807, 2.05) is 109 Å². The molecule has 0 saturated heterocycles. The second-order valence-electron chi connectivity index (χ2n) is 7.29. The summed E-state index contributed by atoms with van der Waals surface area (Å²) >= 11 is 0. The Morgan fingerprint density at radius 1 is 0.263 bits per heavy atom. The van der Waals surface area contributed by atoms with Gasteiger partial charge in [-0.1, -0.05) is 36.4 Å². The van der Waals surface area contributed by atoms with Gasteiger partial charge in [0.15, 0.2) is 0 Å². The smallest absolute Gasteiger partial charge is 0.0886 e. The first-order valence-electron chi connectivity index (χ1n) is 11.4. The maximum Gasteiger partial charge on any atom is 0.0886 e. The van der Waals surface area contributed by atoms with E-state index >= 15 is 0 Å². The summed E-state index contributed by atoms with van der Waals surface area (Å²) in [6.07, 6.45) is 10.6. The van der Waals surface area contributed by atoms with Crippen molar-refractivity contribution in [2.24, 2.45) is 0 Å². The summed E-state index contributed by atoms with van der Waals surface area (Å²) in [5.41, 5.74) is 5.49. The summed E-state index contributed by atoms with van der Waals surface area (Å²) in [5, 5.41) is 0. The maximum atomic E-state index is 4.19. The van der Waals surface area contributed by atoms with Crippen molar-refractivity contribution in [1.29, 1.82) is 0 Å². The molecule has 0 atom stereocenters. The monoisotopic (exact) mass is 588 g/mol. The Morgan fingerprint density at radius 3 is 0.526 bits per heavy atom. The largest absolute Gasteiger partial charge is 0.412 e. The molecule has 2 N–H and O–H groups in total. The van der Waals surface area contributed by atoms with Gasteiger partial charge in [-0.3, -0.25) is 29.9 Å². The van der Waals surface area contributed by atoms with E-state index in [0.29, 0.717) is 0 Å². The predicted molar refractivity (Wildman–Crippen MR) is 146 cm³/mol. The van der Waals surface area contributed by atoms with Crippen LogP contribution in [0.3, 0.4) is 0 Å². The molecule has 6 rings (SSSR count). The zero-order chi connectivity index (χ0) is 24.7. The Morgan fingerprint density at radius 2 is 0.421 bits per heavy atom. The van der Waals surface area contributed by atoms with Gasteiger partial charge < -0.3 is 5.48 Å². The standard InChI is InChI=1S/3C10H8N2.H2O.Ru/c3*1-3-7-11-9(5-1)10-6-2-4-8-12-10;;/h3*1-8H;1H2;. The number of pyridine rings is 6. The third kappa shape index (κ3) is 9.50. The van der Waals surface area contributed by atoms with Crippen molar-refractivity contribution in [3.05, 3.63) is 146 Å². The minimum absolute atomic E-state index is 0. The van der Waals surface area contributed by atoms with Crippen LogP contribution in [0.25, 0.3) is 34.2 Å². The molecule has 0 saturated carbocycles. The Kier molecular flexibility index (Phi) is 13.3. The molecule has 0 aromatic carbocycles. The van der Waals surface area contributed by atoms with Gasteiger partial charge in [0.05, 0.1) is 34.2 Å². The van der Waals surface area contributed by atoms with Crippen molar-refractivity contribution < 1.29 is 25.0 Å². The fourth-order valence-electron chi connectivity index (χ4n) is 3.09. The molecular formula is C30H26N6ORu. The molecule has 6 aromatic heterocycles. The Hall–Kier alpha value is -4.52. The van der Waals surface area contributed by atoms with Crippen LogP contribution in [-0.4, -0.2) is 35.4 Å². The fourth-order valence-corrected chi connectivity index (χ4v) is 3.09. The van der Waals surface area contributed by atoms with Crippen LogP contribution in [0.4, 0.5) is 0 Å². The van der Waals surface area contributed by atoms with Crippen LogP contribution >= 0.6 is 0 Å². The third-order valence-corrected chi connectivity index (χ3v) is 4.78. The summed E-state index contributed by atoms with van der Waals surface area (Å²) in [7, 11) is 0. The summed E-state index contributed by atoms with van der Waals surface area (Å²) in [6, 6.07) is 34.8. The van der Waals surface area contributed by atoms with Crippen LogP contribution in [-0.2, 0) is 19.5 Å². The van der Waals surface area contributed by atoms with E-state index in [2.05, 4.69) is 29.9 Å². The van der Waals surface area contributed by atoms with E-state index in [1.54, 1.807) is 37.2 Å². The molecule has 8 heteroatoms. The average molecular weight is 588 g/mol. The van der Waals surface area contributed by atoms with Gasteiger partial charge in [0.2, 0.25) is 0 Å². The first-order chi connectivity index (χ1) is 17.9. The van der Waals surface area contributed by atoms with Crippen molar-refractivity contribution in [3.8, 4) is 34.2 Å². The topological polar surface area (TPSA) is 109 Å². The van der Waals surface area contributed by atoms with Gasteiger partial charge in [0.1, 0.15) is 0 Å². The van der Waals surface area contributed by atoms with Crippen LogP contribution in [0.2, 0.25) is 0 Å². The molecule has 7 nitrogen and oxygen atoms in total. The molecule has 0 aliphatic rings. The van der Waals surface area contributed by atoms with Crippen LogP contribution in [0.5, 0.6) is 0 Å². The van der Waals surface area contributed by atoms with E-state index in [9.17, 15) is 0 Å². The van der Waals surface area contributed by atoms with Gasteiger partial charge in [0, 0.05) is 56.7 Å². The van der Waals surface area contributed by atoms with Crippen LogP contribution in [0, 0.1) is 0 Å². The molecule has 0 fully saturated rings. The first-order valence-corrected chi connectivity index (χ1v) is 11.4. The molecule has 0 radical (unpaired) electrons. The maximum absolute atomic E-state index is 4.19. The minimum Gasteiger partial charge on any atom is -0.412 e. The molecule has 0 aliphatic heterocycles. The molecular weight excluding hydrogens is 561 g/mol. The zero-order valence-electron chi connectivity index (χ0n) is 20.4. The number of rotatable bonds is 3. The van der Waals surface area contributed by atoms with Gasteiger partial charge >= 0.3 is 0 Å². The van der Waals surface area contributed by atoms with E-state index in [-0.39, 0.29) is 25.0 Å². The molecule has 6 aromatic rings. The summed E-state index contributed by atoms with van der Waals surface area (Å²) in [5.74, 6) is 0. The Labute approximate surface area is 234 Å². The Balaban J connectivity index is 0.000000195. The van der Waals surface area contributed by atoms with Gasteiger partial charge in [0.25, 0.3) is 0 Å². The summed E-state index contributed by atoms with van der Waals surface area (Å²) in [4.78, 5) is 25.1. The second kappa shape index (κ2) is 17.0. The third-order valence-electron chi connectivity index (χ3n) is 4.78. The van der Waals surface area contributed by atoms with E-state index in [4.69, 9.17) is 0 Å². The minimum atomic E-state index is 0. The quantitative estimate of drug-likeness (QED) is 0.249. The van der Waals surface area contributed by atoms with Gasteiger partial charge in [-0.25, -0.2) is 0 Å². The molecule has 190 valence electrons. The average Bonchev–Trinajstić information content (AvgIpc) is 3.01. The normalized spacial score (nSPS) is 9.16. The molecule has 6 heterocycles. The summed E-state index contributed by atoms with van der Waals surface area (Å²) < 4.78 is 0. The van der Waals surface area contributed by atoms with Crippen LogP contribution < -0.4 is 0 Å². The predicted octanol–water partition coefficient (Wildman–Crippen LogP) is 5.60. The van der Waals surface area contributed by atoms with E-state index in [0.717, 1.165) is 34.2 Å². The molecule has 0 spiro atoms. The van der Waals surface area contributed by atoms with Crippen molar-refractivity contribution in [2.45, 2.75) is 0 Å². The zero-order valence-corrected chi connectivity index (χ0v) is 22.1. The fraction of sp³-hybridized carbons (Fsp3) is 0. The van der Waals surface area contributed by atoms with Crippen LogP contribution in [0.15, 0.2) is 146 Å². The van der Waals surface area contributed by atoms with Crippen molar-refractivity contribution >= 4 is 0 Å². The number of aromatic nitrogens is 6. The van der Waals surface area contributed by atoms with E-state index in [1.165, 1.54) is 0 Å². The number of nitrogens with zero attached hydrogens (tertiary/aromatic N) is 6. The van der Waals surface area contributed by atoms with Crippen molar-refractivity contribution in [3.63, 3.8) is 0 Å². The van der Waals surface area contributed by atoms with Gasteiger partial charge in [-0.2, -0.15) is 0 Å². The van der Waals surface area contributed by atoms with Gasteiger partial charge in [-0.05, 0) is 72.8 Å². The van der Waals surface area contributed by atoms with Crippen molar-refractivity contribution in [2.75, 3.05) is 0 Å². The van der Waals surface area contributed by atoms with Gasteiger partial charge in [-0.15, -0.1) is 0 Å². The number of hydrogen-bond donors (Lipinski definition) is 0.